The molecule has 288 valence electrons. The normalized spacial score (nSPS) is 19.0. The number of H-pyrrole nitrogens is 1. The molecule has 3 aliphatic rings. The zero-order chi connectivity index (χ0) is 39.0. The average Bonchev–Trinajstić information content (AvgIpc) is 3.70. The van der Waals surface area contributed by atoms with Gasteiger partial charge in [-0.25, -0.2) is 19.3 Å². The van der Waals surface area contributed by atoms with Crippen molar-refractivity contribution < 1.29 is 39.2 Å². The van der Waals surface area contributed by atoms with E-state index in [1.54, 1.807) is 46.2 Å². The van der Waals surface area contributed by atoms with Crippen LogP contribution in [-0.4, -0.2) is 107 Å². The minimum Gasteiger partial charge on any atom is -0.508 e. The van der Waals surface area contributed by atoms with E-state index in [9.17, 15) is 39.3 Å². The molecule has 0 bridgehead atoms. The van der Waals surface area contributed by atoms with Gasteiger partial charge in [0, 0.05) is 63.0 Å². The number of aromatic hydroxyl groups is 2. The number of nitrogens with zero attached hydrogens (tertiary/aromatic N) is 5. The summed E-state index contributed by atoms with van der Waals surface area (Å²) in [6.45, 7) is 6.18. The lowest BCUT2D eigenvalue weighted by atomic mass is 9.98. The number of nitrogens with one attached hydrogen (secondary N) is 3. The molecule has 6 N–H and O–H groups in total. The van der Waals surface area contributed by atoms with E-state index in [0.29, 0.717) is 66.4 Å². The first-order valence-corrected chi connectivity index (χ1v) is 18.0. The second-order valence-electron chi connectivity index (χ2n) is 14.2. The Bertz CT molecular complexity index is 2190. The number of hydrogen-bond acceptors (Lipinski definition) is 12. The standard InChI is InChI=1S/C38H42N8O9/c1-21(2)25-16-26(31(48)17-30(25)47)34-41-42-37(53)46(34)23-8-6-22(7-9-23)18-43-12-14-44(15-13-43)33(50)20-55-38(54)39-28-5-3-4-24-27(28)19-45(36(24)52)29-10-11-32(49)40-35(29)51/h3-9,16-17,21,29,36,47-48,52H,10-15,18-20H2,1-2H3,(H,39,54)(H,42,53)(H,40,49,51). The smallest absolute Gasteiger partial charge is 0.412 e. The van der Waals surface area contributed by atoms with Gasteiger partial charge in [-0.1, -0.05) is 38.1 Å². The molecule has 0 radical (unpaired) electrons. The van der Waals surface area contributed by atoms with Crippen LogP contribution in [0.5, 0.6) is 11.5 Å². The minimum absolute atomic E-state index is 0.0274. The van der Waals surface area contributed by atoms with Crippen molar-refractivity contribution in [2.75, 3.05) is 38.1 Å². The van der Waals surface area contributed by atoms with Gasteiger partial charge in [0.05, 0.1) is 17.3 Å². The molecule has 0 aliphatic carbocycles. The zero-order valence-corrected chi connectivity index (χ0v) is 30.3. The van der Waals surface area contributed by atoms with Crippen LogP contribution in [0, 0.1) is 0 Å². The second-order valence-corrected chi connectivity index (χ2v) is 14.2. The first-order chi connectivity index (χ1) is 26.4. The Hall–Kier alpha value is -6.04. The van der Waals surface area contributed by atoms with E-state index in [1.807, 2.05) is 26.0 Å². The monoisotopic (exact) mass is 754 g/mol. The molecular weight excluding hydrogens is 712 g/mol. The van der Waals surface area contributed by atoms with Crippen molar-refractivity contribution in [2.45, 2.75) is 58.0 Å². The van der Waals surface area contributed by atoms with Gasteiger partial charge in [-0.2, -0.15) is 5.10 Å². The maximum absolute atomic E-state index is 13.0. The van der Waals surface area contributed by atoms with E-state index in [-0.39, 0.29) is 54.4 Å². The van der Waals surface area contributed by atoms with Gasteiger partial charge >= 0.3 is 11.8 Å². The number of aromatic nitrogens is 3. The van der Waals surface area contributed by atoms with Gasteiger partial charge in [-0.3, -0.25) is 34.8 Å². The number of ether oxygens (including phenoxy) is 1. The number of phenolic OH excluding ortho intramolecular Hbond substituents is 2. The molecule has 4 amide bonds. The fraction of sp³-hybridized carbons (Fsp3) is 0.368. The van der Waals surface area contributed by atoms with E-state index in [4.69, 9.17) is 4.74 Å². The number of phenols is 2. The van der Waals surface area contributed by atoms with Crippen molar-refractivity contribution >= 4 is 29.5 Å². The highest BCUT2D eigenvalue weighted by Crippen LogP contribution is 2.39. The summed E-state index contributed by atoms with van der Waals surface area (Å²) in [5.41, 5.74) is 3.49. The van der Waals surface area contributed by atoms with Crippen molar-refractivity contribution in [3.8, 4) is 28.6 Å². The lowest BCUT2D eigenvalue weighted by Crippen LogP contribution is -2.51. The number of carbonyl (C=O) groups excluding carboxylic acids is 4. The number of fused-ring (bicyclic) bond motifs is 1. The number of aliphatic hydroxyl groups is 1. The number of piperazine rings is 1. The number of carbonyl (C=O) groups is 4. The summed E-state index contributed by atoms with van der Waals surface area (Å²) in [6, 6.07) is 14.6. The van der Waals surface area contributed by atoms with Crippen LogP contribution in [0.4, 0.5) is 10.5 Å². The summed E-state index contributed by atoms with van der Waals surface area (Å²) in [5, 5.41) is 43.4. The predicted octanol–water partition coefficient (Wildman–Crippen LogP) is 2.27. The second kappa shape index (κ2) is 15.4. The third-order valence-electron chi connectivity index (χ3n) is 10.3. The third kappa shape index (κ3) is 7.67. The molecule has 2 unspecified atom stereocenters. The van der Waals surface area contributed by atoms with Gasteiger partial charge in [0.2, 0.25) is 11.8 Å². The summed E-state index contributed by atoms with van der Waals surface area (Å²) in [7, 11) is 0. The van der Waals surface area contributed by atoms with Gasteiger partial charge in [0.25, 0.3) is 5.91 Å². The van der Waals surface area contributed by atoms with Gasteiger partial charge in [-0.05, 0) is 53.3 Å². The average molecular weight is 755 g/mol. The van der Waals surface area contributed by atoms with E-state index in [1.165, 1.54) is 10.6 Å². The molecule has 2 atom stereocenters. The summed E-state index contributed by atoms with van der Waals surface area (Å²) in [5.74, 6) is -1.22. The van der Waals surface area contributed by atoms with Crippen LogP contribution >= 0.6 is 0 Å². The fourth-order valence-electron chi connectivity index (χ4n) is 7.35. The van der Waals surface area contributed by atoms with Crippen LogP contribution < -0.4 is 16.3 Å². The van der Waals surface area contributed by atoms with Gasteiger partial charge < -0.3 is 25.0 Å². The van der Waals surface area contributed by atoms with Crippen LogP contribution in [0.1, 0.15) is 61.1 Å². The molecular formula is C38H42N8O9. The van der Waals surface area contributed by atoms with Crippen molar-refractivity contribution in [3.63, 3.8) is 0 Å². The number of benzene rings is 3. The topological polar surface area (TPSA) is 223 Å². The number of aliphatic hydroxyl groups excluding tert-OH is 1. The molecule has 17 nitrogen and oxygen atoms in total. The van der Waals surface area contributed by atoms with E-state index in [2.05, 4.69) is 25.7 Å². The maximum atomic E-state index is 13.0. The SMILES string of the molecule is CC(C)c1cc(-c2n[nH]c(=O)n2-c2ccc(CN3CCN(C(=O)COC(=O)Nc4cccc5c4CN(C4CCC(=O)NC4=O)C5O)CC3)cc2)c(O)cc1O. The minimum atomic E-state index is -1.09. The summed E-state index contributed by atoms with van der Waals surface area (Å²) in [4.78, 5) is 67.9. The lowest BCUT2D eigenvalue weighted by Gasteiger charge is -2.34. The maximum Gasteiger partial charge on any atom is 0.412 e. The molecule has 17 heteroatoms. The molecule has 2 fully saturated rings. The van der Waals surface area contributed by atoms with Crippen molar-refractivity contribution in [1.82, 2.24) is 34.8 Å². The molecule has 2 saturated heterocycles. The van der Waals surface area contributed by atoms with Crippen LogP contribution in [0.25, 0.3) is 17.1 Å². The number of aromatic amines is 1. The Kier molecular flexibility index (Phi) is 10.4. The van der Waals surface area contributed by atoms with Gasteiger partial charge in [-0.15, -0.1) is 0 Å². The zero-order valence-electron chi connectivity index (χ0n) is 30.3. The fourth-order valence-corrected chi connectivity index (χ4v) is 7.35. The Morgan fingerprint density at radius 1 is 1.00 bits per heavy atom. The summed E-state index contributed by atoms with van der Waals surface area (Å²) < 4.78 is 6.63. The molecule has 0 spiro atoms. The van der Waals surface area contributed by atoms with Gasteiger partial charge in [0.15, 0.2) is 12.4 Å². The van der Waals surface area contributed by atoms with Crippen molar-refractivity contribution in [3.05, 3.63) is 87.3 Å². The number of amides is 4. The van der Waals surface area contributed by atoms with E-state index in [0.717, 1.165) is 5.56 Å². The van der Waals surface area contributed by atoms with Crippen molar-refractivity contribution in [2.24, 2.45) is 0 Å². The molecule has 7 rings (SSSR count). The van der Waals surface area contributed by atoms with Crippen LogP contribution in [0.15, 0.2) is 59.4 Å². The lowest BCUT2D eigenvalue weighted by molar-refractivity contribution is -0.142. The number of imide groups is 1. The molecule has 4 aromatic rings. The van der Waals surface area contributed by atoms with Crippen molar-refractivity contribution in [1.29, 1.82) is 0 Å². The number of piperidine rings is 1. The Morgan fingerprint density at radius 3 is 2.45 bits per heavy atom. The van der Waals surface area contributed by atoms with E-state index >= 15 is 0 Å². The number of hydrogen-bond donors (Lipinski definition) is 6. The predicted molar refractivity (Wildman–Crippen MR) is 197 cm³/mol. The highest BCUT2D eigenvalue weighted by Gasteiger charge is 2.40. The largest absolute Gasteiger partial charge is 0.508 e. The molecule has 0 saturated carbocycles. The van der Waals surface area contributed by atoms with Gasteiger partial charge in [0.1, 0.15) is 17.7 Å². The highest BCUT2D eigenvalue weighted by atomic mass is 16.6. The van der Waals surface area contributed by atoms with Crippen LogP contribution in [0.2, 0.25) is 0 Å². The Balaban J connectivity index is 0.898. The molecule has 55 heavy (non-hydrogen) atoms. The number of anilines is 1. The van der Waals surface area contributed by atoms with Crippen LogP contribution in [0.3, 0.4) is 0 Å². The quantitative estimate of drug-likeness (QED) is 0.136. The first kappa shape index (κ1) is 37.3. The number of rotatable bonds is 9. The third-order valence-corrected chi connectivity index (χ3v) is 10.3. The van der Waals surface area contributed by atoms with Crippen LogP contribution in [-0.2, 0) is 32.2 Å². The molecule has 4 heterocycles. The van der Waals surface area contributed by atoms with E-state index < -0.39 is 36.6 Å². The highest BCUT2D eigenvalue weighted by molar-refractivity contribution is 6.00. The molecule has 3 aromatic carbocycles. The summed E-state index contributed by atoms with van der Waals surface area (Å²) >= 11 is 0. The Labute approximate surface area is 315 Å². The molecule has 3 aliphatic heterocycles. The Morgan fingerprint density at radius 2 is 1.75 bits per heavy atom. The first-order valence-electron chi connectivity index (χ1n) is 18.0. The molecule has 1 aromatic heterocycles. The summed E-state index contributed by atoms with van der Waals surface area (Å²) in [6.07, 6.45) is -1.48.